The topological polar surface area (TPSA) is 29.5 Å². The number of rotatable bonds is 4. The molecule has 2 nitrogen and oxygen atoms in total. The molecule has 1 aromatic carbocycles. The van der Waals surface area contributed by atoms with Gasteiger partial charge in [0.1, 0.15) is 12.7 Å². The van der Waals surface area contributed by atoms with Crippen LogP contribution in [-0.4, -0.2) is 24.0 Å². The summed E-state index contributed by atoms with van der Waals surface area (Å²) >= 11 is 0. The molecule has 2 unspecified atom stereocenters. The second-order valence-electron chi connectivity index (χ2n) is 4.58. The molecule has 2 rings (SSSR count). The minimum atomic E-state index is -4.32. The minimum Gasteiger partial charge on any atom is -0.384 e. The van der Waals surface area contributed by atoms with Gasteiger partial charge in [-0.2, -0.15) is 13.2 Å². The maximum absolute atomic E-state index is 12.0. The fraction of sp³-hybridized carbons (Fsp3) is 0.333. The van der Waals surface area contributed by atoms with Crippen molar-refractivity contribution in [3.63, 3.8) is 0 Å². The van der Waals surface area contributed by atoms with E-state index in [1.807, 2.05) is 18.2 Å². The van der Waals surface area contributed by atoms with Crippen LogP contribution in [0.4, 0.5) is 13.2 Å². The van der Waals surface area contributed by atoms with Gasteiger partial charge in [0.15, 0.2) is 0 Å². The molecule has 1 aliphatic carbocycles. The van der Waals surface area contributed by atoms with E-state index in [0.29, 0.717) is 12.0 Å². The van der Waals surface area contributed by atoms with Crippen LogP contribution in [0.15, 0.2) is 54.1 Å². The largest absolute Gasteiger partial charge is 0.411 e. The van der Waals surface area contributed by atoms with Crippen molar-refractivity contribution >= 4 is 0 Å². The summed E-state index contributed by atoms with van der Waals surface area (Å²) in [5.74, 6) is 0. The highest BCUT2D eigenvalue weighted by Crippen LogP contribution is 2.27. The van der Waals surface area contributed by atoms with E-state index in [2.05, 4.69) is 0 Å². The minimum absolute atomic E-state index is 0.325. The van der Waals surface area contributed by atoms with E-state index >= 15 is 0 Å². The Kier molecular flexibility index (Phi) is 4.62. The maximum atomic E-state index is 12.0. The first kappa shape index (κ1) is 14.8. The molecule has 5 heteroatoms. The molecule has 0 radical (unpaired) electrons. The third kappa shape index (κ3) is 4.21. The van der Waals surface area contributed by atoms with Gasteiger partial charge in [-0.1, -0.05) is 48.6 Å². The van der Waals surface area contributed by atoms with Gasteiger partial charge in [0.2, 0.25) is 0 Å². The van der Waals surface area contributed by atoms with Crippen LogP contribution in [0, 0.1) is 0 Å². The van der Waals surface area contributed by atoms with Gasteiger partial charge >= 0.3 is 6.18 Å². The summed E-state index contributed by atoms with van der Waals surface area (Å²) in [6.07, 6.45) is -0.485. The van der Waals surface area contributed by atoms with Crippen LogP contribution in [-0.2, 0) is 4.74 Å². The lowest BCUT2D eigenvalue weighted by Crippen LogP contribution is -2.23. The van der Waals surface area contributed by atoms with Gasteiger partial charge in [0.25, 0.3) is 0 Å². The van der Waals surface area contributed by atoms with Crippen LogP contribution < -0.4 is 0 Å². The van der Waals surface area contributed by atoms with Crippen molar-refractivity contribution in [2.75, 3.05) is 6.61 Å². The predicted molar refractivity (Wildman–Crippen MR) is 69.0 cm³/mol. The number of hydrogen-bond acceptors (Lipinski definition) is 2. The molecule has 0 amide bonds. The summed E-state index contributed by atoms with van der Waals surface area (Å²) in [6, 6.07) is 9.08. The second-order valence-corrected chi connectivity index (χ2v) is 4.58. The highest BCUT2D eigenvalue weighted by atomic mass is 19.4. The smallest absolute Gasteiger partial charge is 0.384 e. The quantitative estimate of drug-likeness (QED) is 0.916. The highest BCUT2D eigenvalue weighted by molar-refractivity contribution is 5.34. The lowest BCUT2D eigenvalue weighted by Gasteiger charge is -2.20. The van der Waals surface area contributed by atoms with E-state index in [-0.39, 0.29) is 0 Å². The van der Waals surface area contributed by atoms with Crippen LogP contribution in [0.2, 0.25) is 0 Å². The Hall–Kier alpha value is -1.59. The van der Waals surface area contributed by atoms with Crippen molar-refractivity contribution < 1.29 is 23.0 Å². The molecule has 0 spiro atoms. The van der Waals surface area contributed by atoms with Gasteiger partial charge in [0.05, 0.1) is 6.10 Å². The second kappa shape index (κ2) is 6.24. The van der Waals surface area contributed by atoms with Gasteiger partial charge in [0, 0.05) is 0 Å². The Labute approximate surface area is 115 Å². The summed E-state index contributed by atoms with van der Waals surface area (Å²) < 4.78 is 40.8. The van der Waals surface area contributed by atoms with Crippen molar-refractivity contribution in [3.05, 3.63) is 59.7 Å². The number of aliphatic hydroxyl groups excluding tert-OH is 1. The van der Waals surface area contributed by atoms with Gasteiger partial charge in [-0.05, 0) is 17.6 Å². The molecule has 20 heavy (non-hydrogen) atoms. The molecule has 0 aliphatic heterocycles. The summed E-state index contributed by atoms with van der Waals surface area (Å²) in [4.78, 5) is 0. The molecule has 1 aliphatic rings. The number of hydrogen-bond donors (Lipinski definition) is 1. The molecule has 108 valence electrons. The first-order chi connectivity index (χ1) is 9.46. The molecule has 1 aromatic rings. The lowest BCUT2D eigenvalue weighted by atomic mass is 9.96. The molecule has 0 heterocycles. The van der Waals surface area contributed by atoms with Crippen LogP contribution in [0.5, 0.6) is 0 Å². The molecule has 1 N–H and O–H groups in total. The summed E-state index contributed by atoms with van der Waals surface area (Å²) in [6.45, 7) is -1.26. The third-order valence-corrected chi connectivity index (χ3v) is 2.98. The molecular weight excluding hydrogens is 269 g/mol. The summed E-state index contributed by atoms with van der Waals surface area (Å²) in [7, 11) is 0. The summed E-state index contributed by atoms with van der Waals surface area (Å²) in [5.41, 5.74) is 1.42. The first-order valence-corrected chi connectivity index (χ1v) is 6.25. The first-order valence-electron chi connectivity index (χ1n) is 6.25. The van der Waals surface area contributed by atoms with Gasteiger partial charge < -0.3 is 9.84 Å². The zero-order valence-electron chi connectivity index (χ0n) is 10.7. The average Bonchev–Trinajstić information content (AvgIpc) is 2.45. The molecule has 0 bridgehead atoms. The van der Waals surface area contributed by atoms with Crippen LogP contribution >= 0.6 is 0 Å². The standard InChI is InChI=1S/C15H15F3O2/c16-15(17,18)10-20-13-8-6-12(7-9-13)14(19)11-4-2-1-3-5-11/h1-8,13-14,19H,9-10H2. The number of alkyl halides is 3. The van der Waals surface area contributed by atoms with E-state index in [0.717, 1.165) is 5.56 Å². The Balaban J connectivity index is 1.92. The number of halogens is 3. The van der Waals surface area contributed by atoms with Crippen molar-refractivity contribution in [2.24, 2.45) is 0 Å². The van der Waals surface area contributed by atoms with Crippen LogP contribution in [0.1, 0.15) is 18.1 Å². The fourth-order valence-corrected chi connectivity index (χ4v) is 1.97. The third-order valence-electron chi connectivity index (χ3n) is 2.98. The molecule has 2 atom stereocenters. The van der Waals surface area contributed by atoms with Gasteiger partial charge in [-0.25, -0.2) is 0 Å². The van der Waals surface area contributed by atoms with Crippen LogP contribution in [0.3, 0.4) is 0 Å². The Morgan fingerprint density at radius 1 is 1.25 bits per heavy atom. The van der Waals surface area contributed by atoms with E-state index in [1.165, 1.54) is 0 Å². The average molecular weight is 284 g/mol. The Morgan fingerprint density at radius 2 is 1.95 bits per heavy atom. The fourth-order valence-electron chi connectivity index (χ4n) is 1.97. The molecule has 0 saturated carbocycles. The predicted octanol–water partition coefficient (Wildman–Crippen LogP) is 3.55. The van der Waals surface area contributed by atoms with Crippen LogP contribution in [0.25, 0.3) is 0 Å². The van der Waals surface area contributed by atoms with E-state index < -0.39 is 25.0 Å². The van der Waals surface area contributed by atoms with E-state index in [1.54, 1.807) is 30.4 Å². The summed E-state index contributed by atoms with van der Waals surface area (Å²) in [5, 5.41) is 10.2. The van der Waals surface area contributed by atoms with Crippen molar-refractivity contribution in [2.45, 2.75) is 24.8 Å². The zero-order chi connectivity index (χ0) is 14.6. The molecule has 0 aromatic heterocycles. The molecule has 0 saturated heterocycles. The van der Waals surface area contributed by atoms with Gasteiger partial charge in [-0.15, -0.1) is 0 Å². The SMILES string of the molecule is OC(C1=CCC(OCC(F)(F)F)C=C1)c1ccccc1. The maximum Gasteiger partial charge on any atom is 0.411 e. The van der Waals surface area contributed by atoms with Gasteiger partial charge in [-0.3, -0.25) is 0 Å². The van der Waals surface area contributed by atoms with Crippen molar-refractivity contribution in [1.82, 2.24) is 0 Å². The van der Waals surface area contributed by atoms with Crippen molar-refractivity contribution in [1.29, 1.82) is 0 Å². The Bertz CT molecular complexity index is 492. The van der Waals surface area contributed by atoms with E-state index in [9.17, 15) is 18.3 Å². The number of benzene rings is 1. The normalized spacial score (nSPS) is 20.6. The molecule has 0 fully saturated rings. The number of ether oxygens (including phenoxy) is 1. The Morgan fingerprint density at radius 3 is 2.50 bits per heavy atom. The lowest BCUT2D eigenvalue weighted by molar-refractivity contribution is -0.180. The number of aliphatic hydroxyl groups is 1. The zero-order valence-corrected chi connectivity index (χ0v) is 10.7. The monoisotopic (exact) mass is 284 g/mol. The molecular formula is C15H15F3O2. The van der Waals surface area contributed by atoms with Crippen molar-refractivity contribution in [3.8, 4) is 0 Å². The highest BCUT2D eigenvalue weighted by Gasteiger charge is 2.29. The van der Waals surface area contributed by atoms with E-state index in [4.69, 9.17) is 4.74 Å².